The molecule has 2 aromatic carbocycles. The minimum atomic E-state index is -0.164. The molecule has 120 valence electrons. The monoisotopic (exact) mass is 330 g/mol. The Morgan fingerprint density at radius 3 is 2.57 bits per heavy atom. The van der Waals surface area contributed by atoms with E-state index in [1.165, 1.54) is 0 Å². The van der Waals surface area contributed by atoms with Crippen LogP contribution in [0.1, 0.15) is 24.5 Å². The number of hydrogen-bond donors (Lipinski definition) is 1. The third kappa shape index (κ3) is 5.11. The summed E-state index contributed by atoms with van der Waals surface area (Å²) in [4.78, 5) is 12.0. The Hall–Kier alpha value is -2.33. The van der Waals surface area contributed by atoms with Crippen molar-refractivity contribution in [1.82, 2.24) is 5.43 Å². The van der Waals surface area contributed by atoms with Crippen LogP contribution in [0.15, 0.2) is 53.6 Å². The zero-order valence-electron chi connectivity index (χ0n) is 13.2. The maximum absolute atomic E-state index is 12.0. The molecule has 4 nitrogen and oxygen atoms in total. The van der Waals surface area contributed by atoms with E-state index in [1.54, 1.807) is 13.2 Å². The zero-order chi connectivity index (χ0) is 16.7. The molecular weight excluding hydrogens is 312 g/mol. The standard InChI is InChI=1S/C18H19ClN2O2/c1-3-17(14-5-4-6-15(19)12-14)20-21-18(22)11-13-7-9-16(23-2)10-8-13/h4-10,12H,3,11H2,1-2H3,(H,21,22)/b20-17+. The van der Waals surface area contributed by atoms with Gasteiger partial charge in [0, 0.05) is 5.02 Å². The molecule has 5 heteroatoms. The molecule has 0 aromatic heterocycles. The SMILES string of the molecule is CC/C(=N\NC(=O)Cc1ccc(OC)cc1)c1cccc(Cl)c1. The summed E-state index contributed by atoms with van der Waals surface area (Å²) in [5.74, 6) is 0.601. The van der Waals surface area contributed by atoms with Crippen molar-refractivity contribution in [2.75, 3.05) is 7.11 Å². The lowest BCUT2D eigenvalue weighted by molar-refractivity contribution is -0.120. The summed E-state index contributed by atoms with van der Waals surface area (Å²) < 4.78 is 5.09. The van der Waals surface area contributed by atoms with Gasteiger partial charge in [-0.05, 0) is 41.8 Å². The van der Waals surface area contributed by atoms with Crippen LogP contribution in [-0.4, -0.2) is 18.7 Å². The summed E-state index contributed by atoms with van der Waals surface area (Å²) >= 11 is 5.99. The van der Waals surface area contributed by atoms with Gasteiger partial charge in [-0.25, -0.2) is 5.43 Å². The Balaban J connectivity index is 2.00. The number of rotatable bonds is 6. The van der Waals surface area contributed by atoms with Gasteiger partial charge < -0.3 is 4.74 Å². The van der Waals surface area contributed by atoms with Crippen molar-refractivity contribution in [2.24, 2.45) is 5.10 Å². The van der Waals surface area contributed by atoms with Gasteiger partial charge in [0.15, 0.2) is 0 Å². The van der Waals surface area contributed by atoms with Gasteiger partial charge in [0.1, 0.15) is 5.75 Å². The van der Waals surface area contributed by atoms with Crippen molar-refractivity contribution >= 4 is 23.2 Å². The van der Waals surface area contributed by atoms with E-state index in [1.807, 2.05) is 49.4 Å². The number of nitrogens with zero attached hydrogens (tertiary/aromatic N) is 1. The Kier molecular flexibility index (Phi) is 6.18. The molecule has 0 spiro atoms. The van der Waals surface area contributed by atoms with Crippen molar-refractivity contribution in [3.63, 3.8) is 0 Å². The maximum atomic E-state index is 12.0. The first kappa shape index (κ1) is 17.0. The third-order valence-corrected chi connectivity index (χ3v) is 3.57. The molecule has 2 aromatic rings. The van der Waals surface area contributed by atoms with Crippen LogP contribution >= 0.6 is 11.6 Å². The Morgan fingerprint density at radius 2 is 1.96 bits per heavy atom. The molecule has 1 amide bonds. The highest BCUT2D eigenvalue weighted by Crippen LogP contribution is 2.13. The quantitative estimate of drug-likeness (QED) is 0.646. The highest BCUT2D eigenvalue weighted by atomic mass is 35.5. The van der Waals surface area contributed by atoms with Gasteiger partial charge in [-0.3, -0.25) is 4.79 Å². The van der Waals surface area contributed by atoms with Gasteiger partial charge >= 0.3 is 0 Å². The van der Waals surface area contributed by atoms with E-state index in [2.05, 4.69) is 10.5 Å². The van der Waals surface area contributed by atoms with Gasteiger partial charge in [0.25, 0.3) is 0 Å². The van der Waals surface area contributed by atoms with Gasteiger partial charge in [0.05, 0.1) is 19.2 Å². The van der Waals surface area contributed by atoms with Crippen molar-refractivity contribution in [3.05, 3.63) is 64.7 Å². The molecule has 0 aliphatic rings. The van der Waals surface area contributed by atoms with E-state index >= 15 is 0 Å². The van der Waals surface area contributed by atoms with Crippen LogP contribution in [0, 0.1) is 0 Å². The molecule has 0 fully saturated rings. The number of amides is 1. The minimum absolute atomic E-state index is 0.164. The lowest BCUT2D eigenvalue weighted by Gasteiger charge is -2.06. The van der Waals surface area contributed by atoms with E-state index < -0.39 is 0 Å². The molecule has 1 N–H and O–H groups in total. The summed E-state index contributed by atoms with van der Waals surface area (Å²) in [7, 11) is 1.61. The van der Waals surface area contributed by atoms with Crippen LogP contribution < -0.4 is 10.2 Å². The number of methoxy groups -OCH3 is 1. The normalized spacial score (nSPS) is 11.2. The first-order valence-corrected chi connectivity index (χ1v) is 7.74. The van der Waals surface area contributed by atoms with Crippen LogP contribution in [0.2, 0.25) is 5.02 Å². The van der Waals surface area contributed by atoms with Crippen LogP contribution in [0.25, 0.3) is 0 Å². The lowest BCUT2D eigenvalue weighted by Crippen LogP contribution is -2.21. The number of benzene rings is 2. The van der Waals surface area contributed by atoms with Crippen molar-refractivity contribution in [1.29, 1.82) is 0 Å². The number of halogens is 1. The van der Waals surface area contributed by atoms with Gasteiger partial charge in [0.2, 0.25) is 5.91 Å². The molecule has 0 saturated heterocycles. The summed E-state index contributed by atoms with van der Waals surface area (Å²) in [6.45, 7) is 1.98. The second kappa shape index (κ2) is 8.34. The predicted molar refractivity (Wildman–Crippen MR) is 93.1 cm³/mol. The molecule has 2 rings (SSSR count). The van der Waals surface area contributed by atoms with Gasteiger partial charge in [-0.2, -0.15) is 5.10 Å². The zero-order valence-corrected chi connectivity index (χ0v) is 13.9. The Morgan fingerprint density at radius 1 is 1.22 bits per heavy atom. The Labute approximate surface area is 141 Å². The first-order valence-electron chi connectivity index (χ1n) is 7.36. The number of hydrogen-bond acceptors (Lipinski definition) is 3. The number of carbonyl (C=O) groups excluding carboxylic acids is 1. The van der Waals surface area contributed by atoms with Crippen molar-refractivity contribution in [3.8, 4) is 5.75 Å². The van der Waals surface area contributed by atoms with E-state index in [4.69, 9.17) is 16.3 Å². The van der Waals surface area contributed by atoms with Crippen LogP contribution in [0.5, 0.6) is 5.75 Å². The Bertz CT molecular complexity index is 696. The van der Waals surface area contributed by atoms with Crippen molar-refractivity contribution < 1.29 is 9.53 Å². The second-order valence-electron chi connectivity index (χ2n) is 4.98. The third-order valence-electron chi connectivity index (χ3n) is 3.33. The maximum Gasteiger partial charge on any atom is 0.244 e. The van der Waals surface area contributed by atoms with Gasteiger partial charge in [-0.1, -0.05) is 42.8 Å². The molecule has 0 aliphatic carbocycles. The summed E-state index contributed by atoms with van der Waals surface area (Å²) in [6.07, 6.45) is 0.962. The molecule has 0 heterocycles. The fraction of sp³-hybridized carbons (Fsp3) is 0.222. The molecule has 0 saturated carbocycles. The average Bonchev–Trinajstić information content (AvgIpc) is 2.56. The van der Waals surface area contributed by atoms with E-state index in [9.17, 15) is 4.79 Å². The highest BCUT2D eigenvalue weighted by molar-refractivity contribution is 6.31. The molecule has 0 atom stereocenters. The molecule has 23 heavy (non-hydrogen) atoms. The molecule has 0 aliphatic heterocycles. The van der Waals surface area contributed by atoms with Crippen molar-refractivity contribution in [2.45, 2.75) is 19.8 Å². The van der Waals surface area contributed by atoms with Crippen LogP contribution in [0.3, 0.4) is 0 Å². The molecule has 0 bridgehead atoms. The fourth-order valence-corrected chi connectivity index (χ4v) is 2.30. The number of nitrogens with one attached hydrogen (secondary N) is 1. The summed E-state index contributed by atoms with van der Waals surface area (Å²) in [5.41, 5.74) is 5.20. The lowest BCUT2D eigenvalue weighted by atomic mass is 10.1. The summed E-state index contributed by atoms with van der Waals surface area (Å²) in [5, 5.41) is 4.86. The minimum Gasteiger partial charge on any atom is -0.497 e. The molecular formula is C18H19ClN2O2. The molecule has 0 radical (unpaired) electrons. The summed E-state index contributed by atoms with van der Waals surface area (Å²) in [6, 6.07) is 14.8. The predicted octanol–water partition coefficient (Wildman–Crippen LogP) is 3.82. The molecule has 0 unspecified atom stereocenters. The number of hydrazone groups is 1. The fourth-order valence-electron chi connectivity index (χ4n) is 2.11. The second-order valence-corrected chi connectivity index (χ2v) is 5.42. The first-order chi connectivity index (χ1) is 11.1. The highest BCUT2D eigenvalue weighted by Gasteiger charge is 2.05. The average molecular weight is 331 g/mol. The topological polar surface area (TPSA) is 50.7 Å². The van der Waals surface area contributed by atoms with Crippen LogP contribution in [-0.2, 0) is 11.2 Å². The van der Waals surface area contributed by atoms with E-state index in [0.29, 0.717) is 11.4 Å². The van der Waals surface area contributed by atoms with Crippen LogP contribution in [0.4, 0.5) is 0 Å². The largest absolute Gasteiger partial charge is 0.497 e. The number of ether oxygens (including phenoxy) is 1. The van der Waals surface area contributed by atoms with E-state index in [0.717, 1.165) is 22.6 Å². The van der Waals surface area contributed by atoms with E-state index in [-0.39, 0.29) is 12.3 Å². The number of carbonyl (C=O) groups is 1. The smallest absolute Gasteiger partial charge is 0.244 e. The van der Waals surface area contributed by atoms with Gasteiger partial charge in [-0.15, -0.1) is 0 Å².